The van der Waals surface area contributed by atoms with Crippen molar-refractivity contribution >= 4 is 27.6 Å². The largest absolute Gasteiger partial charge is 0.455 e. The molecule has 4 aromatic rings. The molecule has 0 radical (unpaired) electrons. The van der Waals surface area contributed by atoms with Gasteiger partial charge < -0.3 is 14.6 Å². The van der Waals surface area contributed by atoms with Gasteiger partial charge in [-0.1, -0.05) is 92.2 Å². The van der Waals surface area contributed by atoms with E-state index in [1.165, 1.54) is 49.9 Å². The predicted molar refractivity (Wildman–Crippen MR) is 158 cm³/mol. The first-order valence-corrected chi connectivity index (χ1v) is 13.9. The van der Waals surface area contributed by atoms with Gasteiger partial charge in [0.25, 0.3) is 0 Å². The van der Waals surface area contributed by atoms with Crippen LogP contribution in [0.25, 0.3) is 27.6 Å². The van der Waals surface area contributed by atoms with E-state index < -0.39 is 0 Å². The van der Waals surface area contributed by atoms with Crippen molar-refractivity contribution in [1.82, 2.24) is 10.2 Å². The van der Waals surface area contributed by atoms with Crippen LogP contribution >= 0.6 is 0 Å². The molecule has 3 aliphatic heterocycles. The van der Waals surface area contributed by atoms with E-state index in [1.54, 1.807) is 0 Å². The standard InChI is InChI=1S/C35H34N2O/c1-22(2)19-24-9-8-12-28-29-16-15-27-30(25-10-4-5-11-26(25)31-17-14-23(3)20-36-31)21-37-18-7-6-13-32(37)33(27)35(29)38-34(24)28/h4-18,22,30,32,36H,19-21H2,1-3H3/t30-,32?/m1/s1. The van der Waals surface area contributed by atoms with E-state index in [0.717, 1.165) is 30.7 Å². The molecular formula is C35H34N2O. The zero-order valence-electron chi connectivity index (χ0n) is 22.4. The minimum Gasteiger partial charge on any atom is -0.455 e. The van der Waals surface area contributed by atoms with Crippen molar-refractivity contribution in [3.05, 3.63) is 125 Å². The molecule has 4 heterocycles. The summed E-state index contributed by atoms with van der Waals surface area (Å²) in [6.07, 6.45) is 14.4. The summed E-state index contributed by atoms with van der Waals surface area (Å²) < 4.78 is 6.86. The van der Waals surface area contributed by atoms with E-state index in [2.05, 4.69) is 122 Å². The molecule has 0 amide bonds. The summed E-state index contributed by atoms with van der Waals surface area (Å²) in [4.78, 5) is 2.48. The van der Waals surface area contributed by atoms with Gasteiger partial charge in [-0.05, 0) is 54.3 Å². The highest BCUT2D eigenvalue weighted by Crippen LogP contribution is 2.47. The van der Waals surface area contributed by atoms with Gasteiger partial charge in [0.2, 0.25) is 0 Å². The Bertz CT molecular complexity index is 1680. The third-order valence-corrected chi connectivity index (χ3v) is 8.27. The third-order valence-electron chi connectivity index (χ3n) is 8.27. The molecular weight excluding hydrogens is 464 g/mol. The summed E-state index contributed by atoms with van der Waals surface area (Å²) in [7, 11) is 0. The lowest BCUT2D eigenvalue weighted by atomic mass is 9.78. The Labute approximate surface area is 224 Å². The van der Waals surface area contributed by atoms with Crippen molar-refractivity contribution in [2.24, 2.45) is 5.92 Å². The number of allylic oxidation sites excluding steroid dienone is 4. The van der Waals surface area contributed by atoms with Gasteiger partial charge in [0.1, 0.15) is 11.2 Å². The SMILES string of the molecule is CC1=CC=C(c2ccccc2[C@H]2CN3C=CC=CC3c3c2ccc2c3oc3c(CC(C)C)cccc32)NC1. The van der Waals surface area contributed by atoms with Crippen molar-refractivity contribution in [1.29, 1.82) is 0 Å². The monoisotopic (exact) mass is 498 g/mol. The molecule has 0 bridgehead atoms. The topological polar surface area (TPSA) is 28.4 Å². The molecule has 1 unspecified atom stereocenters. The summed E-state index contributed by atoms with van der Waals surface area (Å²) in [5, 5.41) is 6.10. The molecule has 0 saturated heterocycles. The minimum absolute atomic E-state index is 0.175. The molecule has 1 N–H and O–H groups in total. The van der Waals surface area contributed by atoms with Crippen LogP contribution in [-0.2, 0) is 6.42 Å². The number of nitrogens with zero attached hydrogens (tertiary/aromatic N) is 1. The Morgan fingerprint density at radius 1 is 0.921 bits per heavy atom. The first-order valence-electron chi connectivity index (χ1n) is 13.9. The second-order valence-electron chi connectivity index (χ2n) is 11.4. The van der Waals surface area contributed by atoms with E-state index in [4.69, 9.17) is 4.42 Å². The average Bonchev–Trinajstić information content (AvgIpc) is 3.33. The number of para-hydroxylation sites is 1. The van der Waals surface area contributed by atoms with Gasteiger partial charge in [0.05, 0.1) is 6.04 Å². The zero-order valence-corrected chi connectivity index (χ0v) is 22.4. The van der Waals surface area contributed by atoms with Crippen molar-refractivity contribution in [3.8, 4) is 0 Å². The summed E-state index contributed by atoms with van der Waals surface area (Å²) in [6.45, 7) is 8.54. The van der Waals surface area contributed by atoms with Crippen LogP contribution in [0.15, 0.2) is 101 Å². The highest BCUT2D eigenvalue weighted by atomic mass is 16.3. The normalized spacial score (nSPS) is 20.4. The van der Waals surface area contributed by atoms with Crippen LogP contribution in [-0.4, -0.2) is 18.0 Å². The fraction of sp³-hybridized carbons (Fsp3) is 0.257. The summed E-state index contributed by atoms with van der Waals surface area (Å²) in [5.41, 5.74) is 11.3. The van der Waals surface area contributed by atoms with Gasteiger partial charge in [0, 0.05) is 46.6 Å². The highest BCUT2D eigenvalue weighted by molar-refractivity contribution is 6.07. The van der Waals surface area contributed by atoms with Crippen LogP contribution in [0.1, 0.15) is 60.5 Å². The number of hydrogen-bond acceptors (Lipinski definition) is 3. The van der Waals surface area contributed by atoms with Crippen LogP contribution in [0.3, 0.4) is 0 Å². The first-order chi connectivity index (χ1) is 18.6. The molecule has 3 aromatic carbocycles. The molecule has 38 heavy (non-hydrogen) atoms. The molecule has 0 aliphatic carbocycles. The van der Waals surface area contributed by atoms with Crippen LogP contribution < -0.4 is 5.32 Å². The Morgan fingerprint density at radius 2 is 1.79 bits per heavy atom. The number of fused-ring (bicyclic) bond motifs is 7. The van der Waals surface area contributed by atoms with Crippen molar-refractivity contribution in [2.45, 2.75) is 39.2 Å². The van der Waals surface area contributed by atoms with Gasteiger partial charge in [-0.2, -0.15) is 0 Å². The fourth-order valence-corrected chi connectivity index (χ4v) is 6.52. The third kappa shape index (κ3) is 3.72. The Kier molecular flexibility index (Phi) is 5.54. The van der Waals surface area contributed by atoms with E-state index in [-0.39, 0.29) is 12.0 Å². The van der Waals surface area contributed by atoms with Gasteiger partial charge >= 0.3 is 0 Å². The number of rotatable bonds is 4. The number of benzene rings is 3. The van der Waals surface area contributed by atoms with E-state index in [1.807, 2.05) is 0 Å². The second-order valence-corrected chi connectivity index (χ2v) is 11.4. The van der Waals surface area contributed by atoms with Crippen LogP contribution in [0.4, 0.5) is 0 Å². The Balaban J connectivity index is 1.46. The maximum Gasteiger partial charge on any atom is 0.141 e. The highest BCUT2D eigenvalue weighted by Gasteiger charge is 2.36. The smallest absolute Gasteiger partial charge is 0.141 e. The van der Waals surface area contributed by atoms with Gasteiger partial charge in [0.15, 0.2) is 0 Å². The minimum atomic E-state index is 0.175. The molecule has 2 atom stereocenters. The lowest BCUT2D eigenvalue weighted by molar-refractivity contribution is 0.288. The van der Waals surface area contributed by atoms with Gasteiger partial charge in [-0.3, -0.25) is 0 Å². The maximum atomic E-state index is 6.86. The van der Waals surface area contributed by atoms with Crippen molar-refractivity contribution in [2.75, 3.05) is 13.1 Å². The quantitative estimate of drug-likeness (QED) is 0.307. The number of dihydropyridines is 1. The molecule has 0 fully saturated rings. The predicted octanol–water partition coefficient (Wildman–Crippen LogP) is 8.25. The Hall–Kier alpha value is -3.98. The fourth-order valence-electron chi connectivity index (χ4n) is 6.52. The first kappa shape index (κ1) is 23.2. The van der Waals surface area contributed by atoms with Crippen molar-refractivity contribution in [3.63, 3.8) is 0 Å². The van der Waals surface area contributed by atoms with Crippen LogP contribution in [0.5, 0.6) is 0 Å². The number of nitrogens with one attached hydrogen (secondary N) is 1. The lowest BCUT2D eigenvalue weighted by Crippen LogP contribution is -2.35. The van der Waals surface area contributed by atoms with E-state index in [9.17, 15) is 0 Å². The van der Waals surface area contributed by atoms with E-state index >= 15 is 0 Å². The molecule has 7 rings (SSSR count). The average molecular weight is 499 g/mol. The summed E-state index contributed by atoms with van der Waals surface area (Å²) >= 11 is 0. The molecule has 0 spiro atoms. The zero-order chi connectivity index (χ0) is 25.8. The summed E-state index contributed by atoms with van der Waals surface area (Å²) in [5.74, 6) is 0.808. The number of furan rings is 1. The van der Waals surface area contributed by atoms with E-state index in [0.29, 0.717) is 5.92 Å². The van der Waals surface area contributed by atoms with Gasteiger partial charge in [-0.15, -0.1) is 0 Å². The van der Waals surface area contributed by atoms with Crippen LogP contribution in [0, 0.1) is 5.92 Å². The summed E-state index contributed by atoms with van der Waals surface area (Å²) in [6, 6.07) is 20.4. The lowest BCUT2D eigenvalue weighted by Gasteiger charge is -2.41. The molecule has 3 heteroatoms. The molecule has 3 aliphatic rings. The number of hydrogen-bond donors (Lipinski definition) is 1. The molecule has 3 nitrogen and oxygen atoms in total. The maximum absolute atomic E-state index is 6.86. The molecule has 1 aromatic heterocycles. The van der Waals surface area contributed by atoms with Gasteiger partial charge in [-0.25, -0.2) is 0 Å². The second kappa shape index (κ2) is 9.09. The molecule has 190 valence electrons. The Morgan fingerprint density at radius 3 is 2.63 bits per heavy atom. The molecule has 0 saturated carbocycles. The van der Waals surface area contributed by atoms with Crippen molar-refractivity contribution < 1.29 is 4.42 Å². The van der Waals surface area contributed by atoms with Crippen LogP contribution in [0.2, 0.25) is 0 Å².